The summed E-state index contributed by atoms with van der Waals surface area (Å²) in [7, 11) is 0. The summed E-state index contributed by atoms with van der Waals surface area (Å²) in [6.45, 7) is 7.24. The van der Waals surface area contributed by atoms with Crippen molar-refractivity contribution >= 4 is 5.91 Å². The topological polar surface area (TPSA) is 47.6 Å². The third-order valence-electron chi connectivity index (χ3n) is 3.06. The summed E-state index contributed by atoms with van der Waals surface area (Å²) < 4.78 is 11.0. The van der Waals surface area contributed by atoms with Gasteiger partial charge in [-0.3, -0.25) is 4.79 Å². The SMILES string of the molecule is CC(C)CCC(=O)NCCCOCC1CCCO1. The molecule has 0 saturated carbocycles. The van der Waals surface area contributed by atoms with Crippen molar-refractivity contribution in [3.63, 3.8) is 0 Å². The zero-order valence-corrected chi connectivity index (χ0v) is 11.7. The van der Waals surface area contributed by atoms with Crippen LogP contribution >= 0.6 is 0 Å². The van der Waals surface area contributed by atoms with Crippen molar-refractivity contribution in [1.82, 2.24) is 5.32 Å². The third-order valence-corrected chi connectivity index (χ3v) is 3.06. The second-order valence-electron chi connectivity index (χ2n) is 5.35. The second kappa shape index (κ2) is 9.34. The van der Waals surface area contributed by atoms with Crippen LogP contribution < -0.4 is 5.32 Å². The van der Waals surface area contributed by atoms with E-state index >= 15 is 0 Å². The normalized spacial score (nSPS) is 19.4. The Kier molecular flexibility index (Phi) is 8.01. The van der Waals surface area contributed by atoms with E-state index < -0.39 is 0 Å². The Balaban J connectivity index is 1.84. The molecule has 4 heteroatoms. The van der Waals surface area contributed by atoms with Crippen LogP contribution in [0.3, 0.4) is 0 Å². The minimum Gasteiger partial charge on any atom is -0.379 e. The zero-order valence-electron chi connectivity index (χ0n) is 11.7. The van der Waals surface area contributed by atoms with Gasteiger partial charge in [0.25, 0.3) is 0 Å². The summed E-state index contributed by atoms with van der Waals surface area (Å²) in [6, 6.07) is 0. The standard InChI is InChI=1S/C14H27NO3/c1-12(2)6-7-14(16)15-8-4-9-17-11-13-5-3-10-18-13/h12-13H,3-11H2,1-2H3,(H,15,16). The second-order valence-corrected chi connectivity index (χ2v) is 5.35. The Hall–Kier alpha value is -0.610. The first-order valence-electron chi connectivity index (χ1n) is 7.14. The molecule has 1 fully saturated rings. The quantitative estimate of drug-likeness (QED) is 0.644. The molecule has 1 unspecified atom stereocenters. The largest absolute Gasteiger partial charge is 0.379 e. The lowest BCUT2D eigenvalue weighted by Gasteiger charge is -2.10. The molecule has 1 N–H and O–H groups in total. The van der Waals surface area contributed by atoms with Crippen LogP contribution in [0.1, 0.15) is 46.0 Å². The molecule has 18 heavy (non-hydrogen) atoms. The maximum absolute atomic E-state index is 11.4. The summed E-state index contributed by atoms with van der Waals surface area (Å²) in [5.41, 5.74) is 0. The number of rotatable bonds is 9. The van der Waals surface area contributed by atoms with Crippen LogP contribution in [0, 0.1) is 5.92 Å². The van der Waals surface area contributed by atoms with Crippen molar-refractivity contribution in [2.24, 2.45) is 5.92 Å². The van der Waals surface area contributed by atoms with Gasteiger partial charge in [-0.1, -0.05) is 13.8 Å². The average Bonchev–Trinajstić information content (AvgIpc) is 2.84. The molecule has 1 amide bonds. The first kappa shape index (κ1) is 15.4. The van der Waals surface area contributed by atoms with Crippen LogP contribution in [0.2, 0.25) is 0 Å². The lowest BCUT2D eigenvalue weighted by Crippen LogP contribution is -2.25. The van der Waals surface area contributed by atoms with E-state index in [9.17, 15) is 4.79 Å². The average molecular weight is 257 g/mol. The fourth-order valence-corrected chi connectivity index (χ4v) is 1.90. The Morgan fingerprint density at radius 2 is 2.33 bits per heavy atom. The van der Waals surface area contributed by atoms with Gasteiger partial charge in [-0.15, -0.1) is 0 Å². The van der Waals surface area contributed by atoms with Crippen molar-refractivity contribution in [2.75, 3.05) is 26.4 Å². The Bertz CT molecular complexity index is 225. The van der Waals surface area contributed by atoms with E-state index in [4.69, 9.17) is 9.47 Å². The van der Waals surface area contributed by atoms with Crippen LogP contribution in [0.5, 0.6) is 0 Å². The van der Waals surface area contributed by atoms with E-state index in [0.717, 1.165) is 32.3 Å². The Morgan fingerprint density at radius 1 is 1.50 bits per heavy atom. The van der Waals surface area contributed by atoms with Crippen molar-refractivity contribution < 1.29 is 14.3 Å². The van der Waals surface area contributed by atoms with Gasteiger partial charge in [0.1, 0.15) is 0 Å². The molecule has 1 aliphatic heterocycles. The number of amides is 1. The number of ether oxygens (including phenoxy) is 2. The molecule has 0 aliphatic carbocycles. The van der Waals surface area contributed by atoms with E-state index in [1.807, 2.05) is 0 Å². The highest BCUT2D eigenvalue weighted by atomic mass is 16.5. The van der Waals surface area contributed by atoms with Gasteiger partial charge in [0.05, 0.1) is 12.7 Å². The maximum atomic E-state index is 11.4. The first-order valence-corrected chi connectivity index (χ1v) is 7.14. The van der Waals surface area contributed by atoms with Gasteiger partial charge in [-0.25, -0.2) is 0 Å². The lowest BCUT2D eigenvalue weighted by molar-refractivity contribution is -0.121. The van der Waals surface area contributed by atoms with Crippen LogP contribution in [-0.4, -0.2) is 38.4 Å². The van der Waals surface area contributed by atoms with Crippen LogP contribution in [0.4, 0.5) is 0 Å². The monoisotopic (exact) mass is 257 g/mol. The number of hydrogen-bond donors (Lipinski definition) is 1. The van der Waals surface area contributed by atoms with E-state index in [2.05, 4.69) is 19.2 Å². The highest BCUT2D eigenvalue weighted by Crippen LogP contribution is 2.11. The molecule has 0 aromatic rings. The first-order chi connectivity index (χ1) is 8.68. The van der Waals surface area contributed by atoms with Gasteiger partial charge in [-0.2, -0.15) is 0 Å². The number of carbonyl (C=O) groups excluding carboxylic acids is 1. The van der Waals surface area contributed by atoms with Gasteiger partial charge < -0.3 is 14.8 Å². The molecule has 1 saturated heterocycles. The van der Waals surface area contributed by atoms with E-state index in [-0.39, 0.29) is 5.91 Å². The zero-order chi connectivity index (χ0) is 13.2. The predicted molar refractivity (Wildman–Crippen MR) is 71.5 cm³/mol. The molecule has 0 bridgehead atoms. The van der Waals surface area contributed by atoms with Crippen LogP contribution in [0.15, 0.2) is 0 Å². The highest BCUT2D eigenvalue weighted by molar-refractivity contribution is 5.75. The third kappa shape index (κ3) is 7.67. The minimum atomic E-state index is 0.155. The summed E-state index contributed by atoms with van der Waals surface area (Å²) in [4.78, 5) is 11.4. The summed E-state index contributed by atoms with van der Waals surface area (Å²) in [6.07, 6.45) is 5.03. The fourth-order valence-electron chi connectivity index (χ4n) is 1.90. The summed E-state index contributed by atoms with van der Waals surface area (Å²) >= 11 is 0. The summed E-state index contributed by atoms with van der Waals surface area (Å²) in [5, 5.41) is 2.92. The Morgan fingerprint density at radius 3 is 3.00 bits per heavy atom. The molecular formula is C14H27NO3. The molecule has 0 aromatic carbocycles. The Labute approximate surface area is 110 Å². The molecule has 0 spiro atoms. The molecular weight excluding hydrogens is 230 g/mol. The van der Waals surface area contributed by atoms with Gasteiger partial charge >= 0.3 is 0 Å². The maximum Gasteiger partial charge on any atom is 0.220 e. The molecule has 0 radical (unpaired) electrons. The predicted octanol–water partition coefficient (Wildman–Crippen LogP) is 2.12. The molecule has 4 nitrogen and oxygen atoms in total. The van der Waals surface area contributed by atoms with Crippen molar-refractivity contribution in [3.05, 3.63) is 0 Å². The van der Waals surface area contributed by atoms with Gasteiger partial charge in [0.15, 0.2) is 0 Å². The van der Waals surface area contributed by atoms with Crippen molar-refractivity contribution in [1.29, 1.82) is 0 Å². The molecule has 1 rings (SSSR count). The fraction of sp³-hybridized carbons (Fsp3) is 0.929. The minimum absolute atomic E-state index is 0.155. The molecule has 1 aliphatic rings. The van der Waals surface area contributed by atoms with Gasteiger partial charge in [0.2, 0.25) is 5.91 Å². The van der Waals surface area contributed by atoms with Crippen LogP contribution in [0.25, 0.3) is 0 Å². The van der Waals surface area contributed by atoms with Crippen molar-refractivity contribution in [3.8, 4) is 0 Å². The number of carbonyl (C=O) groups is 1. The van der Waals surface area contributed by atoms with Gasteiger partial charge in [-0.05, 0) is 31.6 Å². The van der Waals surface area contributed by atoms with E-state index in [1.165, 1.54) is 0 Å². The molecule has 1 heterocycles. The molecule has 1 atom stereocenters. The van der Waals surface area contributed by atoms with Crippen LogP contribution in [-0.2, 0) is 14.3 Å². The lowest BCUT2D eigenvalue weighted by atomic mass is 10.1. The molecule has 106 valence electrons. The van der Waals surface area contributed by atoms with Gasteiger partial charge in [0, 0.05) is 26.2 Å². The number of hydrogen-bond acceptors (Lipinski definition) is 3. The number of nitrogens with one attached hydrogen (secondary N) is 1. The smallest absolute Gasteiger partial charge is 0.220 e. The van der Waals surface area contributed by atoms with E-state index in [1.54, 1.807) is 0 Å². The van der Waals surface area contributed by atoms with Crippen molar-refractivity contribution in [2.45, 2.75) is 52.1 Å². The highest BCUT2D eigenvalue weighted by Gasteiger charge is 2.14. The van der Waals surface area contributed by atoms with E-state index in [0.29, 0.717) is 38.2 Å². The summed E-state index contributed by atoms with van der Waals surface area (Å²) in [5.74, 6) is 0.744. The molecule has 0 aromatic heterocycles.